The number of piperidine rings is 1. The Labute approximate surface area is 232 Å². The van der Waals surface area contributed by atoms with Crippen LogP contribution in [0.15, 0.2) is 41.3 Å². The lowest BCUT2D eigenvalue weighted by atomic mass is 9.95. The van der Waals surface area contributed by atoms with Gasteiger partial charge in [-0.1, -0.05) is 13.8 Å². The van der Waals surface area contributed by atoms with E-state index in [0.717, 1.165) is 59.6 Å². The summed E-state index contributed by atoms with van der Waals surface area (Å²) in [7, 11) is 3.89. The quantitative estimate of drug-likeness (QED) is 0.383. The summed E-state index contributed by atoms with van der Waals surface area (Å²) in [6.07, 6.45) is 2.73. The largest absolute Gasteiger partial charge is 0.497 e. The highest BCUT2D eigenvalue weighted by atomic mass is 32.2. The minimum Gasteiger partial charge on any atom is -0.497 e. The number of carbonyl (C=O) groups is 1. The van der Waals surface area contributed by atoms with Gasteiger partial charge in [0.25, 0.3) is 0 Å². The monoisotopic (exact) mass is 542 g/mol. The third kappa shape index (κ3) is 7.58. The second-order valence-corrected chi connectivity index (χ2v) is 11.9. The number of aryl methyl sites for hydroxylation is 2. The molecule has 210 valence electrons. The molecule has 2 aromatic rings. The first kappa shape index (κ1) is 30.1. The van der Waals surface area contributed by atoms with Gasteiger partial charge in [-0.15, -0.1) is 0 Å². The van der Waals surface area contributed by atoms with Gasteiger partial charge in [-0.3, -0.25) is 4.79 Å². The molecule has 8 heteroatoms. The molecule has 3 rings (SSSR count). The van der Waals surface area contributed by atoms with Crippen molar-refractivity contribution < 1.29 is 13.7 Å². The molecule has 0 spiro atoms. The first-order valence-electron chi connectivity index (χ1n) is 13.8. The van der Waals surface area contributed by atoms with E-state index in [9.17, 15) is 9.00 Å². The van der Waals surface area contributed by atoms with E-state index in [1.807, 2.05) is 45.2 Å². The van der Waals surface area contributed by atoms with Crippen molar-refractivity contribution >= 4 is 28.3 Å². The van der Waals surface area contributed by atoms with Crippen LogP contribution in [0.1, 0.15) is 44.2 Å². The molecule has 1 fully saturated rings. The number of anilines is 2. The molecule has 0 bridgehead atoms. The Morgan fingerprint density at radius 3 is 2.13 bits per heavy atom. The number of hydrogen-bond acceptors (Lipinski definition) is 5. The van der Waals surface area contributed by atoms with Crippen molar-refractivity contribution in [3.63, 3.8) is 0 Å². The van der Waals surface area contributed by atoms with Crippen molar-refractivity contribution in [2.24, 2.45) is 5.92 Å². The zero-order valence-electron chi connectivity index (χ0n) is 24.3. The fraction of sp³-hybridized carbons (Fsp3) is 0.567. The van der Waals surface area contributed by atoms with Gasteiger partial charge in [-0.25, -0.2) is 8.51 Å². The molecule has 0 aromatic heterocycles. The summed E-state index contributed by atoms with van der Waals surface area (Å²) >= 11 is 0. The van der Waals surface area contributed by atoms with Crippen molar-refractivity contribution in [2.45, 2.75) is 51.9 Å². The van der Waals surface area contributed by atoms with Gasteiger partial charge in [0.2, 0.25) is 5.91 Å². The molecular weight excluding hydrogens is 496 g/mol. The van der Waals surface area contributed by atoms with E-state index in [-0.39, 0.29) is 12.3 Å². The summed E-state index contributed by atoms with van der Waals surface area (Å²) < 4.78 is 20.2. The highest BCUT2D eigenvalue weighted by Gasteiger charge is 2.22. The van der Waals surface area contributed by atoms with Crippen LogP contribution < -0.4 is 14.5 Å². The van der Waals surface area contributed by atoms with E-state index in [0.29, 0.717) is 6.54 Å². The Balaban J connectivity index is 1.51. The fourth-order valence-corrected chi connectivity index (χ4v) is 6.45. The molecule has 7 nitrogen and oxygen atoms in total. The third-order valence-corrected chi connectivity index (χ3v) is 9.51. The summed E-state index contributed by atoms with van der Waals surface area (Å²) in [6.45, 7) is 14.4. The third-order valence-electron chi connectivity index (χ3n) is 7.77. The second kappa shape index (κ2) is 14.1. The maximum Gasteiger partial charge on any atom is 0.228 e. The van der Waals surface area contributed by atoms with Gasteiger partial charge < -0.3 is 19.4 Å². The number of hydrogen-bond donors (Lipinski definition) is 0. The van der Waals surface area contributed by atoms with Crippen molar-refractivity contribution in [1.29, 1.82) is 0 Å². The Morgan fingerprint density at radius 1 is 1.03 bits per heavy atom. The predicted octanol–water partition coefficient (Wildman–Crippen LogP) is 4.88. The minimum atomic E-state index is -1.35. The van der Waals surface area contributed by atoms with Gasteiger partial charge in [-0.2, -0.15) is 0 Å². The molecule has 38 heavy (non-hydrogen) atoms. The van der Waals surface area contributed by atoms with E-state index < -0.39 is 11.0 Å². The van der Waals surface area contributed by atoms with Crippen molar-refractivity contribution in [2.75, 3.05) is 70.3 Å². The predicted molar refractivity (Wildman–Crippen MR) is 159 cm³/mol. The summed E-state index contributed by atoms with van der Waals surface area (Å²) in [5, 5.41) is 0. The van der Waals surface area contributed by atoms with Crippen LogP contribution in [-0.4, -0.2) is 79.8 Å². The van der Waals surface area contributed by atoms with E-state index >= 15 is 0 Å². The molecule has 2 aromatic carbocycles. The Hall–Kier alpha value is -2.42. The molecule has 0 aliphatic carbocycles. The number of amides is 1. The Morgan fingerprint density at radius 2 is 1.61 bits per heavy atom. The van der Waals surface area contributed by atoms with Gasteiger partial charge >= 0.3 is 0 Å². The van der Waals surface area contributed by atoms with Gasteiger partial charge in [-0.05, 0) is 93.2 Å². The lowest BCUT2D eigenvalue weighted by molar-refractivity contribution is -0.118. The van der Waals surface area contributed by atoms with E-state index in [1.54, 1.807) is 23.4 Å². The molecule has 1 heterocycles. The van der Waals surface area contributed by atoms with Gasteiger partial charge in [0.1, 0.15) is 16.7 Å². The Bertz CT molecular complexity index is 1060. The highest BCUT2D eigenvalue weighted by Crippen LogP contribution is 2.27. The molecule has 1 amide bonds. The molecule has 1 saturated heterocycles. The lowest BCUT2D eigenvalue weighted by Gasteiger charge is -2.35. The summed E-state index contributed by atoms with van der Waals surface area (Å²) in [5.74, 6) is 1.53. The van der Waals surface area contributed by atoms with Crippen LogP contribution in [0.5, 0.6) is 5.75 Å². The van der Waals surface area contributed by atoms with Crippen LogP contribution in [0, 0.1) is 19.8 Å². The first-order chi connectivity index (χ1) is 18.2. The standard InChI is InChI=1S/C30H46N4O3S/c1-8-33(9-2)22-25-14-18-34(19-15-25)27-12-10-26(11-13-27)32(6)29(35)16-17-31(5)38(36)30-23(3)20-28(37-7)21-24(30)4/h10-13,20-21,25H,8-9,14-19,22H2,1-7H3. The Kier molecular flexibility index (Phi) is 11.2. The molecule has 1 unspecified atom stereocenters. The van der Waals surface area contributed by atoms with Crippen LogP contribution in [0.2, 0.25) is 0 Å². The topological polar surface area (TPSA) is 56.3 Å². The average Bonchev–Trinajstić information content (AvgIpc) is 2.93. The minimum absolute atomic E-state index is 0.00184. The van der Waals surface area contributed by atoms with E-state index in [4.69, 9.17) is 4.74 Å². The molecule has 1 aliphatic heterocycles. The number of nitrogens with zero attached hydrogens (tertiary/aromatic N) is 4. The van der Waals surface area contributed by atoms with Crippen molar-refractivity contribution in [1.82, 2.24) is 9.21 Å². The van der Waals surface area contributed by atoms with Gasteiger partial charge in [0.15, 0.2) is 0 Å². The van der Waals surface area contributed by atoms with E-state index in [2.05, 4.69) is 35.8 Å². The smallest absolute Gasteiger partial charge is 0.228 e. The van der Waals surface area contributed by atoms with Crippen LogP contribution in [0.25, 0.3) is 0 Å². The number of benzene rings is 2. The molecule has 0 radical (unpaired) electrons. The summed E-state index contributed by atoms with van der Waals surface area (Å²) in [4.78, 5) is 20.4. The summed E-state index contributed by atoms with van der Waals surface area (Å²) in [6, 6.07) is 12.1. The highest BCUT2D eigenvalue weighted by molar-refractivity contribution is 7.82. The number of rotatable bonds is 12. The van der Waals surface area contributed by atoms with Crippen molar-refractivity contribution in [3.05, 3.63) is 47.5 Å². The molecular formula is C30H46N4O3S. The fourth-order valence-electron chi connectivity index (χ4n) is 5.22. The second-order valence-electron chi connectivity index (χ2n) is 10.3. The van der Waals surface area contributed by atoms with Crippen LogP contribution >= 0.6 is 0 Å². The zero-order chi connectivity index (χ0) is 27.8. The molecule has 0 saturated carbocycles. The SMILES string of the molecule is CCN(CC)CC1CCN(c2ccc(N(C)C(=O)CCN(C)S(=O)c3c(C)cc(OC)cc3C)cc2)CC1. The molecule has 0 N–H and O–H groups in total. The average molecular weight is 543 g/mol. The summed E-state index contributed by atoms with van der Waals surface area (Å²) in [5.41, 5.74) is 3.93. The molecule has 1 aliphatic rings. The normalized spacial score (nSPS) is 15.2. The van der Waals surface area contributed by atoms with Crippen LogP contribution in [0.3, 0.4) is 0 Å². The number of carbonyl (C=O) groups excluding carboxylic acids is 1. The van der Waals surface area contributed by atoms with E-state index in [1.165, 1.54) is 25.1 Å². The van der Waals surface area contributed by atoms with Crippen molar-refractivity contribution in [3.8, 4) is 5.75 Å². The lowest BCUT2D eigenvalue weighted by Crippen LogP contribution is -2.38. The van der Waals surface area contributed by atoms with Gasteiger partial charge in [0, 0.05) is 58.1 Å². The van der Waals surface area contributed by atoms with Gasteiger partial charge in [0.05, 0.1) is 12.0 Å². The maximum atomic E-state index is 13.2. The zero-order valence-corrected chi connectivity index (χ0v) is 25.1. The van der Waals surface area contributed by atoms with Crippen LogP contribution in [0.4, 0.5) is 11.4 Å². The maximum absolute atomic E-state index is 13.2. The first-order valence-corrected chi connectivity index (χ1v) is 14.9. The van der Waals surface area contributed by atoms with Crippen LogP contribution in [-0.2, 0) is 15.8 Å². The number of ether oxygens (including phenoxy) is 1. The molecule has 1 atom stereocenters. The number of methoxy groups -OCH3 is 1.